The van der Waals surface area contributed by atoms with E-state index < -0.39 is 5.97 Å². The van der Waals surface area contributed by atoms with Gasteiger partial charge in [-0.2, -0.15) is 0 Å². The number of ether oxygens (including phenoxy) is 1. The van der Waals surface area contributed by atoms with E-state index in [-0.39, 0.29) is 23.7 Å². The summed E-state index contributed by atoms with van der Waals surface area (Å²) < 4.78 is 5.21. The van der Waals surface area contributed by atoms with Crippen LogP contribution in [0.1, 0.15) is 32.8 Å². The van der Waals surface area contributed by atoms with E-state index in [1.54, 1.807) is 12.1 Å². The molecule has 1 aromatic carbocycles. The number of aliphatic carboxylic acids is 1. The Morgan fingerprint density at radius 2 is 1.85 bits per heavy atom. The number of hydrogen-bond acceptors (Lipinski definition) is 4. The van der Waals surface area contributed by atoms with Crippen molar-refractivity contribution in [1.29, 1.82) is 0 Å². The van der Waals surface area contributed by atoms with Gasteiger partial charge in [0.1, 0.15) is 5.25 Å². The third-order valence-corrected chi connectivity index (χ3v) is 3.90. The molecule has 20 heavy (non-hydrogen) atoms. The van der Waals surface area contributed by atoms with Crippen LogP contribution in [0.4, 0.5) is 0 Å². The second-order valence-corrected chi connectivity index (χ2v) is 5.99. The molecule has 0 aromatic heterocycles. The van der Waals surface area contributed by atoms with Gasteiger partial charge in [-0.1, -0.05) is 19.1 Å². The summed E-state index contributed by atoms with van der Waals surface area (Å²) in [5, 5.41) is 8.48. The fourth-order valence-corrected chi connectivity index (χ4v) is 2.57. The number of rotatable bonds is 7. The third kappa shape index (κ3) is 5.65. The number of hydrogen-bond donors (Lipinski definition) is 1. The summed E-state index contributed by atoms with van der Waals surface area (Å²) in [4.78, 5) is 23.4. The summed E-state index contributed by atoms with van der Waals surface area (Å²) in [5.74, 6) is -1.06. The highest BCUT2D eigenvalue weighted by Crippen LogP contribution is 2.27. The number of thioether (sulfide) groups is 1. The van der Waals surface area contributed by atoms with Gasteiger partial charge in [0.15, 0.2) is 0 Å². The quantitative estimate of drug-likeness (QED) is 0.618. The van der Waals surface area contributed by atoms with E-state index in [0.717, 1.165) is 10.5 Å². The van der Waals surface area contributed by atoms with Gasteiger partial charge < -0.3 is 9.84 Å². The van der Waals surface area contributed by atoms with Gasteiger partial charge in [0.2, 0.25) is 0 Å². The predicted molar refractivity (Wildman–Crippen MR) is 78.9 cm³/mol. The molecular weight excluding hydrogens is 276 g/mol. The van der Waals surface area contributed by atoms with Crippen LogP contribution in [-0.2, 0) is 20.7 Å². The molecule has 1 unspecified atom stereocenters. The van der Waals surface area contributed by atoms with Crippen molar-refractivity contribution in [3.63, 3.8) is 0 Å². The molecule has 0 amide bonds. The monoisotopic (exact) mass is 296 g/mol. The molecule has 0 saturated carbocycles. The second kappa shape index (κ2) is 7.94. The summed E-state index contributed by atoms with van der Waals surface area (Å²) in [6.07, 6.45) is 0.583. The van der Waals surface area contributed by atoms with Crippen LogP contribution in [0, 0.1) is 0 Å². The highest BCUT2D eigenvalue weighted by atomic mass is 32.2. The van der Waals surface area contributed by atoms with Crippen LogP contribution in [0.25, 0.3) is 0 Å². The zero-order chi connectivity index (χ0) is 15.1. The Bertz CT molecular complexity index is 453. The van der Waals surface area contributed by atoms with Crippen LogP contribution < -0.4 is 0 Å². The van der Waals surface area contributed by atoms with Crippen molar-refractivity contribution in [1.82, 2.24) is 0 Å². The smallest absolute Gasteiger partial charge is 0.319 e. The van der Waals surface area contributed by atoms with Gasteiger partial charge in [-0.3, -0.25) is 9.59 Å². The zero-order valence-electron chi connectivity index (χ0n) is 12.0. The molecule has 1 aromatic rings. The van der Waals surface area contributed by atoms with Crippen molar-refractivity contribution in [3.8, 4) is 0 Å². The maximum atomic E-state index is 11.9. The molecule has 0 aliphatic rings. The van der Waals surface area contributed by atoms with Gasteiger partial charge in [-0.15, -0.1) is 11.8 Å². The highest BCUT2D eigenvalue weighted by Gasteiger charge is 2.20. The molecule has 0 radical (unpaired) electrons. The van der Waals surface area contributed by atoms with Crippen LogP contribution >= 0.6 is 11.8 Å². The van der Waals surface area contributed by atoms with E-state index in [1.807, 2.05) is 32.9 Å². The van der Waals surface area contributed by atoms with Crippen molar-refractivity contribution in [2.45, 2.75) is 49.9 Å². The Morgan fingerprint density at radius 3 is 2.30 bits per heavy atom. The second-order valence-electron chi connectivity index (χ2n) is 4.71. The SMILES string of the molecule is CCC(Sc1ccc(CC(=O)O)cc1)C(=O)OC(C)C. The minimum Gasteiger partial charge on any atom is -0.481 e. The lowest BCUT2D eigenvalue weighted by molar-refractivity contribution is -0.146. The van der Waals surface area contributed by atoms with Crippen LogP contribution in [0.15, 0.2) is 29.2 Å². The lowest BCUT2D eigenvalue weighted by Gasteiger charge is -2.16. The van der Waals surface area contributed by atoms with Gasteiger partial charge in [0, 0.05) is 4.90 Å². The first-order valence-electron chi connectivity index (χ1n) is 6.60. The molecule has 0 heterocycles. The first kappa shape index (κ1) is 16.6. The van der Waals surface area contributed by atoms with Crippen LogP contribution in [0.5, 0.6) is 0 Å². The maximum absolute atomic E-state index is 11.9. The Hall–Kier alpha value is -1.49. The Balaban J connectivity index is 2.65. The fourth-order valence-electron chi connectivity index (χ4n) is 1.63. The summed E-state index contributed by atoms with van der Waals surface area (Å²) in [6.45, 7) is 5.60. The largest absolute Gasteiger partial charge is 0.481 e. The number of carbonyl (C=O) groups is 2. The van der Waals surface area contributed by atoms with Crippen LogP contribution in [0.3, 0.4) is 0 Å². The van der Waals surface area contributed by atoms with Gasteiger partial charge in [0.25, 0.3) is 0 Å². The van der Waals surface area contributed by atoms with E-state index in [4.69, 9.17) is 9.84 Å². The first-order chi connectivity index (χ1) is 9.42. The van der Waals surface area contributed by atoms with Crippen molar-refractivity contribution in [2.24, 2.45) is 0 Å². The molecule has 0 aliphatic carbocycles. The van der Waals surface area contributed by atoms with Gasteiger partial charge >= 0.3 is 11.9 Å². The molecule has 4 nitrogen and oxygen atoms in total. The minimum atomic E-state index is -0.850. The molecule has 5 heteroatoms. The predicted octanol–water partition coefficient (Wildman–Crippen LogP) is 3.14. The van der Waals surface area contributed by atoms with E-state index in [0.29, 0.717) is 6.42 Å². The van der Waals surface area contributed by atoms with Crippen LogP contribution in [-0.4, -0.2) is 28.4 Å². The van der Waals surface area contributed by atoms with E-state index >= 15 is 0 Å². The molecule has 0 spiro atoms. The third-order valence-electron chi connectivity index (χ3n) is 2.54. The summed E-state index contributed by atoms with van der Waals surface area (Å²) in [6, 6.07) is 7.23. The molecule has 1 rings (SSSR count). The number of carboxylic acids is 1. The van der Waals surface area contributed by atoms with E-state index in [2.05, 4.69) is 0 Å². The minimum absolute atomic E-state index is 0.0115. The highest BCUT2D eigenvalue weighted by molar-refractivity contribution is 8.00. The molecule has 0 fully saturated rings. The Labute approximate surface area is 123 Å². The molecule has 1 N–H and O–H groups in total. The molecule has 1 atom stereocenters. The molecule has 0 aliphatic heterocycles. The first-order valence-corrected chi connectivity index (χ1v) is 7.48. The van der Waals surface area contributed by atoms with Crippen molar-refractivity contribution < 1.29 is 19.4 Å². The number of esters is 1. The lowest BCUT2D eigenvalue weighted by Crippen LogP contribution is -2.22. The molecule has 110 valence electrons. The van der Waals surface area contributed by atoms with Gasteiger partial charge in [0.05, 0.1) is 12.5 Å². The Morgan fingerprint density at radius 1 is 1.25 bits per heavy atom. The van der Waals surface area contributed by atoms with Gasteiger partial charge in [-0.05, 0) is 38.0 Å². The Kier molecular flexibility index (Phi) is 6.58. The standard InChI is InChI=1S/C15H20O4S/c1-4-13(15(18)19-10(2)3)20-12-7-5-11(6-8-12)9-14(16)17/h5-8,10,13H,4,9H2,1-3H3,(H,16,17). The van der Waals surface area contributed by atoms with Crippen molar-refractivity contribution in [2.75, 3.05) is 0 Å². The number of benzene rings is 1. The van der Waals surface area contributed by atoms with Gasteiger partial charge in [-0.25, -0.2) is 0 Å². The maximum Gasteiger partial charge on any atom is 0.319 e. The fraction of sp³-hybridized carbons (Fsp3) is 0.467. The molecular formula is C15H20O4S. The molecule has 0 saturated heterocycles. The molecule has 0 bridgehead atoms. The van der Waals surface area contributed by atoms with E-state index in [1.165, 1.54) is 11.8 Å². The average molecular weight is 296 g/mol. The lowest BCUT2D eigenvalue weighted by atomic mass is 10.2. The number of carbonyl (C=O) groups excluding carboxylic acids is 1. The summed E-state index contributed by atoms with van der Waals surface area (Å²) in [7, 11) is 0. The normalized spacial score (nSPS) is 12.2. The topological polar surface area (TPSA) is 63.6 Å². The van der Waals surface area contributed by atoms with E-state index in [9.17, 15) is 9.59 Å². The van der Waals surface area contributed by atoms with Crippen molar-refractivity contribution in [3.05, 3.63) is 29.8 Å². The summed E-state index contributed by atoms with van der Waals surface area (Å²) >= 11 is 1.44. The summed E-state index contributed by atoms with van der Waals surface area (Å²) in [5.41, 5.74) is 0.750. The van der Waals surface area contributed by atoms with Crippen molar-refractivity contribution >= 4 is 23.7 Å². The number of carboxylic acid groups (broad SMARTS) is 1. The van der Waals surface area contributed by atoms with Crippen LogP contribution in [0.2, 0.25) is 0 Å². The zero-order valence-corrected chi connectivity index (χ0v) is 12.8. The average Bonchev–Trinajstić information content (AvgIpc) is 2.36.